The molecule has 0 unspecified atom stereocenters. The molecule has 4 aromatic rings. The molecule has 0 bridgehead atoms. The second kappa shape index (κ2) is 11.7. The maximum atomic E-state index is 4.87. The average molecular weight is 506 g/mol. The summed E-state index contributed by atoms with van der Waals surface area (Å²) in [5.41, 5.74) is 9.62. The minimum atomic E-state index is 0.518. The van der Waals surface area contributed by atoms with Gasteiger partial charge in [0.2, 0.25) is 0 Å². The number of nitrogens with zero attached hydrogens (tertiary/aromatic N) is 1. The molecule has 1 aliphatic rings. The largest absolute Gasteiger partial charge is 0.248 e. The molecule has 5 rings (SSSR count). The van der Waals surface area contributed by atoms with Crippen molar-refractivity contribution in [2.24, 2.45) is 5.41 Å². The number of hydrogen-bond donors (Lipinski definition) is 0. The van der Waals surface area contributed by atoms with Crippen LogP contribution in [0.5, 0.6) is 0 Å². The first-order valence-corrected chi connectivity index (χ1v) is 15.0. The smallest absolute Gasteiger partial charge is 0.0711 e. The van der Waals surface area contributed by atoms with E-state index in [1.54, 1.807) is 0 Å². The van der Waals surface area contributed by atoms with Gasteiger partial charge in [0, 0.05) is 10.6 Å². The van der Waals surface area contributed by atoms with Crippen molar-refractivity contribution >= 4 is 34.8 Å². The van der Waals surface area contributed by atoms with E-state index in [1.807, 2.05) is 0 Å². The summed E-state index contributed by atoms with van der Waals surface area (Å²) < 4.78 is 0. The Labute approximate surface area is 227 Å². The Morgan fingerprint density at radius 1 is 0.892 bits per heavy atom. The molecular formula is C35H39NS. The lowest BCUT2D eigenvalue weighted by molar-refractivity contribution is 0.560. The number of benzene rings is 3. The molecule has 37 heavy (non-hydrogen) atoms. The van der Waals surface area contributed by atoms with Crippen molar-refractivity contribution in [2.45, 2.75) is 64.5 Å². The molecule has 1 aromatic heterocycles. The lowest BCUT2D eigenvalue weighted by Gasteiger charge is -2.21. The first-order valence-electron chi connectivity index (χ1n) is 13.9. The molecule has 0 N–H and O–H groups in total. The number of hydrogen-bond acceptors (Lipinski definition) is 2. The molecule has 1 heterocycles. The van der Waals surface area contributed by atoms with Crippen molar-refractivity contribution in [1.82, 2.24) is 4.98 Å². The number of fused-ring (bicyclic) bond motifs is 1. The predicted molar refractivity (Wildman–Crippen MR) is 163 cm³/mol. The lowest BCUT2D eigenvalue weighted by Crippen LogP contribution is -2.06. The SMILES string of the molecule is CCc1ccccc1CC[C@@H](SCC1(CC)CC1)c1cccc(/C=C/c2ccc3ccc(C)cc3n2)c1. The van der Waals surface area contributed by atoms with Gasteiger partial charge in [-0.1, -0.05) is 86.7 Å². The van der Waals surface area contributed by atoms with Crippen LogP contribution in [0.3, 0.4) is 0 Å². The van der Waals surface area contributed by atoms with Gasteiger partial charge in [-0.25, -0.2) is 4.98 Å². The molecule has 1 aliphatic carbocycles. The molecule has 1 nitrogen and oxygen atoms in total. The summed E-state index contributed by atoms with van der Waals surface area (Å²) >= 11 is 2.19. The molecule has 0 saturated heterocycles. The highest BCUT2D eigenvalue weighted by molar-refractivity contribution is 7.99. The zero-order valence-electron chi connectivity index (χ0n) is 22.5. The Bertz CT molecular complexity index is 1380. The first-order chi connectivity index (χ1) is 18.1. The van der Waals surface area contributed by atoms with Crippen molar-refractivity contribution in [3.8, 4) is 0 Å². The highest BCUT2D eigenvalue weighted by Gasteiger charge is 2.40. The van der Waals surface area contributed by atoms with Crippen molar-refractivity contribution in [3.63, 3.8) is 0 Å². The Kier molecular flexibility index (Phi) is 8.15. The van der Waals surface area contributed by atoms with E-state index in [9.17, 15) is 0 Å². The fraction of sp³-hybridized carbons (Fsp3) is 0.343. The fourth-order valence-corrected chi connectivity index (χ4v) is 6.88. The van der Waals surface area contributed by atoms with Crippen molar-refractivity contribution in [1.29, 1.82) is 0 Å². The monoisotopic (exact) mass is 505 g/mol. The number of thioether (sulfide) groups is 1. The van der Waals surface area contributed by atoms with Gasteiger partial charge in [0.1, 0.15) is 0 Å². The van der Waals surface area contributed by atoms with Gasteiger partial charge < -0.3 is 0 Å². The van der Waals surface area contributed by atoms with Crippen LogP contribution < -0.4 is 0 Å². The zero-order valence-corrected chi connectivity index (χ0v) is 23.4. The van der Waals surface area contributed by atoms with Crippen LogP contribution in [0.1, 0.15) is 78.3 Å². The van der Waals surface area contributed by atoms with Crippen LogP contribution in [0.2, 0.25) is 0 Å². The van der Waals surface area contributed by atoms with E-state index in [2.05, 4.69) is 124 Å². The van der Waals surface area contributed by atoms with Gasteiger partial charge in [-0.05, 0) is 103 Å². The van der Waals surface area contributed by atoms with Gasteiger partial charge in [0.25, 0.3) is 0 Å². The van der Waals surface area contributed by atoms with E-state index in [0.29, 0.717) is 10.7 Å². The van der Waals surface area contributed by atoms with Crippen LogP contribution in [0.15, 0.2) is 78.9 Å². The first kappa shape index (κ1) is 25.8. The number of rotatable bonds is 11. The van der Waals surface area contributed by atoms with E-state index >= 15 is 0 Å². The van der Waals surface area contributed by atoms with Gasteiger partial charge in [0.15, 0.2) is 0 Å². The topological polar surface area (TPSA) is 12.9 Å². The summed E-state index contributed by atoms with van der Waals surface area (Å²) in [6.45, 7) is 6.76. The highest BCUT2D eigenvalue weighted by atomic mass is 32.2. The molecular weight excluding hydrogens is 466 g/mol. The third kappa shape index (κ3) is 6.54. The molecule has 1 saturated carbocycles. The van der Waals surface area contributed by atoms with Crippen LogP contribution in [-0.4, -0.2) is 10.7 Å². The lowest BCUT2D eigenvalue weighted by atomic mass is 9.97. The van der Waals surface area contributed by atoms with Gasteiger partial charge in [-0.15, -0.1) is 0 Å². The quantitative estimate of drug-likeness (QED) is 0.201. The van der Waals surface area contributed by atoms with Gasteiger partial charge in [0.05, 0.1) is 11.2 Å². The predicted octanol–water partition coefficient (Wildman–Crippen LogP) is 9.87. The molecule has 0 spiro atoms. The number of pyridine rings is 1. The summed E-state index contributed by atoms with van der Waals surface area (Å²) in [6.07, 6.45) is 11.9. The molecule has 190 valence electrons. The fourth-order valence-electron chi connectivity index (χ4n) is 5.21. The van der Waals surface area contributed by atoms with Gasteiger partial charge >= 0.3 is 0 Å². The zero-order chi connectivity index (χ0) is 25.7. The Hall–Kier alpha value is -2.84. The third-order valence-corrected chi connectivity index (χ3v) is 9.76. The van der Waals surface area contributed by atoms with Crippen LogP contribution in [0.4, 0.5) is 0 Å². The molecule has 0 radical (unpaired) electrons. The number of aromatic nitrogens is 1. The van der Waals surface area contributed by atoms with Crippen molar-refractivity contribution < 1.29 is 0 Å². The summed E-state index contributed by atoms with van der Waals surface area (Å²) in [4.78, 5) is 4.87. The minimum Gasteiger partial charge on any atom is -0.248 e. The molecule has 1 atom stereocenters. The van der Waals surface area contributed by atoms with E-state index in [0.717, 1.165) is 24.1 Å². The summed E-state index contributed by atoms with van der Waals surface area (Å²) in [5.74, 6) is 1.28. The van der Waals surface area contributed by atoms with Crippen LogP contribution >= 0.6 is 11.8 Å². The maximum Gasteiger partial charge on any atom is 0.0711 e. The van der Waals surface area contributed by atoms with Crippen molar-refractivity contribution in [2.75, 3.05) is 5.75 Å². The summed E-state index contributed by atoms with van der Waals surface area (Å²) in [7, 11) is 0. The number of aryl methyl sites for hydroxylation is 3. The van der Waals surface area contributed by atoms with E-state index < -0.39 is 0 Å². The molecule has 2 heteroatoms. The normalized spacial score (nSPS) is 15.3. The standard InChI is InChI=1S/C35H39NS/c1-4-28-10-6-7-11-29(28)17-20-34(37-25-35(5-2)21-22-35)31-12-8-9-27(24-31)14-18-32-19-16-30-15-13-26(3)23-33(30)36-32/h6-16,18-19,23-24,34H,4-5,17,20-22,25H2,1-3H3/b18-14+/t34-/m1/s1. The average Bonchev–Trinajstić information content (AvgIpc) is 3.72. The van der Waals surface area contributed by atoms with Gasteiger partial charge in [-0.2, -0.15) is 11.8 Å². The third-order valence-electron chi connectivity index (χ3n) is 8.07. The van der Waals surface area contributed by atoms with Crippen LogP contribution in [0.25, 0.3) is 23.1 Å². The van der Waals surface area contributed by atoms with Crippen LogP contribution in [-0.2, 0) is 12.8 Å². The Morgan fingerprint density at radius 3 is 2.49 bits per heavy atom. The summed E-state index contributed by atoms with van der Waals surface area (Å²) in [5, 5.41) is 1.71. The Balaban J connectivity index is 1.35. The maximum absolute atomic E-state index is 4.87. The van der Waals surface area contributed by atoms with Crippen molar-refractivity contribution in [3.05, 3.63) is 112 Å². The second-order valence-corrected chi connectivity index (χ2v) is 11.9. The Morgan fingerprint density at radius 2 is 1.70 bits per heavy atom. The highest BCUT2D eigenvalue weighted by Crippen LogP contribution is 2.53. The van der Waals surface area contributed by atoms with E-state index in [1.165, 1.54) is 64.6 Å². The van der Waals surface area contributed by atoms with Gasteiger partial charge in [-0.3, -0.25) is 0 Å². The molecule has 3 aromatic carbocycles. The molecule has 0 aliphatic heterocycles. The molecule has 1 fully saturated rings. The van der Waals surface area contributed by atoms with Crippen LogP contribution in [0, 0.1) is 12.3 Å². The van der Waals surface area contributed by atoms with E-state index in [-0.39, 0.29) is 0 Å². The summed E-state index contributed by atoms with van der Waals surface area (Å²) in [6, 6.07) is 28.9. The minimum absolute atomic E-state index is 0.518. The van der Waals surface area contributed by atoms with E-state index in [4.69, 9.17) is 4.98 Å². The second-order valence-electron chi connectivity index (χ2n) is 10.7. The molecule has 0 amide bonds.